The maximum Gasteiger partial charge on any atom is 0.241 e. The van der Waals surface area contributed by atoms with Crippen molar-refractivity contribution in [2.45, 2.75) is 64.1 Å². The average Bonchev–Trinajstić information content (AvgIpc) is 2.93. The Bertz CT molecular complexity index is 562. The molecule has 3 rings (SSSR count). The molecule has 0 aromatic heterocycles. The molecular formula is C18H25FN2O2. The highest BCUT2D eigenvalue weighted by Gasteiger charge is 2.38. The van der Waals surface area contributed by atoms with Crippen molar-refractivity contribution < 1.29 is 13.9 Å². The Morgan fingerprint density at radius 2 is 2.13 bits per heavy atom. The number of carbonyl (C=O) groups excluding carboxylic acids is 1. The van der Waals surface area contributed by atoms with Gasteiger partial charge in [0.15, 0.2) is 0 Å². The second kappa shape index (κ2) is 6.87. The van der Waals surface area contributed by atoms with Gasteiger partial charge in [0.05, 0.1) is 17.8 Å². The Morgan fingerprint density at radius 1 is 1.35 bits per heavy atom. The molecule has 2 fully saturated rings. The number of carbonyl (C=O) groups is 1. The van der Waals surface area contributed by atoms with E-state index in [-0.39, 0.29) is 23.7 Å². The summed E-state index contributed by atoms with van der Waals surface area (Å²) in [6, 6.07) is 4.80. The minimum Gasteiger partial charge on any atom is -0.491 e. The van der Waals surface area contributed by atoms with E-state index in [1.165, 1.54) is 25.3 Å². The van der Waals surface area contributed by atoms with Crippen LogP contribution in [-0.2, 0) is 4.79 Å². The summed E-state index contributed by atoms with van der Waals surface area (Å²) < 4.78 is 19.6. The highest BCUT2D eigenvalue weighted by Crippen LogP contribution is 2.33. The van der Waals surface area contributed by atoms with Crippen LogP contribution in [-0.4, -0.2) is 24.1 Å². The fourth-order valence-electron chi connectivity index (χ4n) is 3.68. The maximum atomic E-state index is 14.1. The minimum absolute atomic E-state index is 0.0131. The number of hydrogen-bond donors (Lipinski definition) is 2. The highest BCUT2D eigenvalue weighted by atomic mass is 19.1. The molecule has 1 aromatic carbocycles. The number of ether oxygens (including phenoxy) is 1. The lowest BCUT2D eigenvalue weighted by Crippen LogP contribution is -2.40. The number of amides is 1. The highest BCUT2D eigenvalue weighted by molar-refractivity contribution is 5.95. The lowest BCUT2D eigenvalue weighted by molar-refractivity contribution is -0.117. The van der Waals surface area contributed by atoms with Crippen molar-refractivity contribution in [3.8, 4) is 5.75 Å². The Hall–Kier alpha value is -1.62. The van der Waals surface area contributed by atoms with Gasteiger partial charge in [0.2, 0.25) is 5.91 Å². The molecule has 1 amide bonds. The van der Waals surface area contributed by atoms with Crippen molar-refractivity contribution in [2.75, 3.05) is 5.32 Å². The van der Waals surface area contributed by atoms with E-state index in [2.05, 4.69) is 10.6 Å². The van der Waals surface area contributed by atoms with E-state index in [0.29, 0.717) is 17.7 Å². The van der Waals surface area contributed by atoms with Crippen LogP contribution < -0.4 is 15.4 Å². The number of nitrogens with one attached hydrogen (secondary N) is 2. The van der Waals surface area contributed by atoms with Gasteiger partial charge in [-0.1, -0.05) is 12.8 Å². The lowest BCUT2D eigenvalue weighted by atomic mass is 9.85. The summed E-state index contributed by atoms with van der Waals surface area (Å²) in [5.41, 5.74) is 0.211. The standard InChI is InChI=1S/C18H25FN2O2/c1-11(2)23-13-7-8-16(14(19)10-13)21-18(22)17-9-12-5-3-4-6-15(12)20-17/h7-8,10-12,15,17,20H,3-6,9H2,1-2H3,(H,21,22). The van der Waals surface area contributed by atoms with E-state index in [1.807, 2.05) is 13.8 Å². The van der Waals surface area contributed by atoms with Gasteiger partial charge in [-0.25, -0.2) is 4.39 Å². The predicted octanol–water partition coefficient (Wildman–Crippen LogP) is 3.47. The minimum atomic E-state index is -0.466. The zero-order valence-electron chi connectivity index (χ0n) is 13.8. The van der Waals surface area contributed by atoms with Gasteiger partial charge in [-0.3, -0.25) is 4.79 Å². The van der Waals surface area contributed by atoms with Gasteiger partial charge in [0, 0.05) is 12.1 Å². The first-order valence-electron chi connectivity index (χ1n) is 8.56. The first-order chi connectivity index (χ1) is 11.0. The van der Waals surface area contributed by atoms with Gasteiger partial charge in [0.25, 0.3) is 0 Å². The van der Waals surface area contributed by atoms with Crippen LogP contribution in [0, 0.1) is 11.7 Å². The second-order valence-corrected chi connectivity index (χ2v) is 6.90. The first kappa shape index (κ1) is 16.2. The summed E-state index contributed by atoms with van der Waals surface area (Å²) >= 11 is 0. The molecule has 1 heterocycles. The number of rotatable bonds is 4. The molecular weight excluding hydrogens is 295 g/mol. The van der Waals surface area contributed by atoms with E-state index in [0.717, 1.165) is 12.8 Å². The predicted molar refractivity (Wildman–Crippen MR) is 88.1 cm³/mol. The van der Waals surface area contributed by atoms with Crippen LogP contribution in [0.1, 0.15) is 46.0 Å². The molecule has 2 N–H and O–H groups in total. The number of halogens is 1. The van der Waals surface area contributed by atoms with Crippen LogP contribution in [0.15, 0.2) is 18.2 Å². The molecule has 1 aromatic rings. The molecule has 4 nitrogen and oxygen atoms in total. The topological polar surface area (TPSA) is 50.4 Å². The number of anilines is 1. The molecule has 23 heavy (non-hydrogen) atoms. The van der Waals surface area contributed by atoms with E-state index in [1.54, 1.807) is 12.1 Å². The van der Waals surface area contributed by atoms with E-state index in [4.69, 9.17) is 4.74 Å². The van der Waals surface area contributed by atoms with Crippen LogP contribution >= 0.6 is 0 Å². The zero-order valence-corrected chi connectivity index (χ0v) is 13.8. The van der Waals surface area contributed by atoms with Gasteiger partial charge in [-0.15, -0.1) is 0 Å². The van der Waals surface area contributed by atoms with Crippen LogP contribution in [0.4, 0.5) is 10.1 Å². The van der Waals surface area contributed by atoms with Crippen LogP contribution in [0.25, 0.3) is 0 Å². The molecule has 0 spiro atoms. The van der Waals surface area contributed by atoms with E-state index in [9.17, 15) is 9.18 Å². The molecule has 126 valence electrons. The molecule has 0 radical (unpaired) electrons. The number of fused-ring (bicyclic) bond motifs is 1. The third-order valence-corrected chi connectivity index (χ3v) is 4.75. The van der Waals surface area contributed by atoms with Crippen molar-refractivity contribution in [1.29, 1.82) is 0 Å². The van der Waals surface area contributed by atoms with Crippen LogP contribution in [0.3, 0.4) is 0 Å². The summed E-state index contributed by atoms with van der Waals surface area (Å²) in [6.45, 7) is 3.78. The molecule has 3 unspecified atom stereocenters. The monoisotopic (exact) mass is 320 g/mol. The van der Waals surface area contributed by atoms with Crippen molar-refractivity contribution in [3.63, 3.8) is 0 Å². The normalized spacial score (nSPS) is 26.9. The summed E-state index contributed by atoms with van der Waals surface area (Å²) in [5.74, 6) is 0.453. The molecule has 1 aliphatic carbocycles. The van der Waals surface area contributed by atoms with Crippen molar-refractivity contribution in [2.24, 2.45) is 5.92 Å². The van der Waals surface area contributed by atoms with Gasteiger partial charge in [0.1, 0.15) is 11.6 Å². The maximum absolute atomic E-state index is 14.1. The SMILES string of the molecule is CC(C)Oc1ccc(NC(=O)C2CC3CCCCC3N2)c(F)c1. The number of benzene rings is 1. The summed E-state index contributed by atoms with van der Waals surface area (Å²) in [5, 5.41) is 6.12. The largest absolute Gasteiger partial charge is 0.491 e. The fourth-order valence-corrected chi connectivity index (χ4v) is 3.68. The van der Waals surface area contributed by atoms with Gasteiger partial charge >= 0.3 is 0 Å². The Kier molecular flexibility index (Phi) is 4.85. The van der Waals surface area contributed by atoms with Gasteiger partial charge < -0.3 is 15.4 Å². The van der Waals surface area contributed by atoms with Crippen molar-refractivity contribution >= 4 is 11.6 Å². The Balaban J connectivity index is 1.61. The second-order valence-electron chi connectivity index (χ2n) is 6.90. The average molecular weight is 320 g/mol. The first-order valence-corrected chi connectivity index (χ1v) is 8.56. The smallest absolute Gasteiger partial charge is 0.241 e. The lowest BCUT2D eigenvalue weighted by Gasteiger charge is -2.24. The Labute approximate surface area is 136 Å². The molecule has 3 atom stereocenters. The van der Waals surface area contributed by atoms with Gasteiger partial charge in [-0.05, 0) is 51.2 Å². The zero-order chi connectivity index (χ0) is 16.4. The quantitative estimate of drug-likeness (QED) is 0.893. The Morgan fingerprint density at radius 3 is 2.83 bits per heavy atom. The molecule has 0 bridgehead atoms. The molecule has 1 saturated carbocycles. The van der Waals surface area contributed by atoms with Crippen LogP contribution in [0.5, 0.6) is 5.75 Å². The van der Waals surface area contributed by atoms with Crippen molar-refractivity contribution in [3.05, 3.63) is 24.0 Å². The molecule has 5 heteroatoms. The molecule has 2 aliphatic rings. The van der Waals surface area contributed by atoms with Crippen molar-refractivity contribution in [1.82, 2.24) is 5.32 Å². The molecule has 1 saturated heterocycles. The number of hydrogen-bond acceptors (Lipinski definition) is 3. The summed E-state index contributed by atoms with van der Waals surface area (Å²) in [4.78, 5) is 12.4. The third kappa shape index (κ3) is 3.83. The molecule has 1 aliphatic heterocycles. The summed E-state index contributed by atoms with van der Waals surface area (Å²) in [6.07, 6.45) is 5.66. The van der Waals surface area contributed by atoms with E-state index < -0.39 is 5.82 Å². The summed E-state index contributed by atoms with van der Waals surface area (Å²) in [7, 11) is 0. The van der Waals surface area contributed by atoms with E-state index >= 15 is 0 Å². The van der Waals surface area contributed by atoms with Gasteiger partial charge in [-0.2, -0.15) is 0 Å². The fraction of sp³-hybridized carbons (Fsp3) is 0.611. The third-order valence-electron chi connectivity index (χ3n) is 4.75. The van der Waals surface area contributed by atoms with Crippen LogP contribution in [0.2, 0.25) is 0 Å².